The quantitative estimate of drug-likeness (QED) is 0.476. The van der Waals surface area contributed by atoms with Crippen LogP contribution in [0.4, 0.5) is 0 Å². The van der Waals surface area contributed by atoms with Gasteiger partial charge in [-0.05, 0) is 4.47 Å². The van der Waals surface area contributed by atoms with Crippen molar-refractivity contribution < 1.29 is 18.9 Å². The predicted octanol–water partition coefficient (Wildman–Crippen LogP) is -0.577. The summed E-state index contributed by atoms with van der Waals surface area (Å²) in [5.74, 6) is 0.135. The molecule has 0 amide bonds. The molecule has 13 heavy (non-hydrogen) atoms. The van der Waals surface area contributed by atoms with Crippen LogP contribution in [0.1, 0.15) is 5.56 Å². The molecule has 0 spiro atoms. The topological polar surface area (TPSA) is 47.6 Å². The average molecular weight is 227 g/mol. The fourth-order valence-corrected chi connectivity index (χ4v) is 1.20. The van der Waals surface area contributed by atoms with Gasteiger partial charge in [-0.15, -0.1) is 12.1 Å². The Bertz CT molecular complexity index is 351. The van der Waals surface area contributed by atoms with Gasteiger partial charge in [0.1, 0.15) is 0 Å². The number of nitrogens with zero attached hydrogens (tertiary/aromatic N) is 2. The minimum atomic E-state index is 0. The van der Waals surface area contributed by atoms with Crippen molar-refractivity contribution in [2.45, 2.75) is 0 Å². The SMILES string of the molecule is N#C[C-](C#N)c1cccc(Br)c1.[Li+]. The van der Waals surface area contributed by atoms with Crippen LogP contribution in [-0.4, -0.2) is 0 Å². The van der Waals surface area contributed by atoms with Crippen LogP contribution in [0.15, 0.2) is 28.7 Å². The van der Waals surface area contributed by atoms with Gasteiger partial charge in [0.2, 0.25) is 0 Å². The number of benzene rings is 1. The Labute approximate surface area is 97.5 Å². The monoisotopic (exact) mass is 226 g/mol. The van der Waals surface area contributed by atoms with Crippen LogP contribution >= 0.6 is 15.9 Å². The number of rotatable bonds is 1. The van der Waals surface area contributed by atoms with Crippen molar-refractivity contribution in [1.29, 1.82) is 10.5 Å². The van der Waals surface area contributed by atoms with E-state index in [9.17, 15) is 0 Å². The van der Waals surface area contributed by atoms with Crippen molar-refractivity contribution >= 4 is 15.9 Å². The summed E-state index contributed by atoms with van der Waals surface area (Å²) in [6.45, 7) is 0. The van der Waals surface area contributed by atoms with E-state index in [1.807, 2.05) is 18.2 Å². The van der Waals surface area contributed by atoms with Gasteiger partial charge < -0.3 is 0 Å². The first-order valence-corrected chi connectivity index (χ1v) is 4.00. The third kappa shape index (κ3) is 3.17. The number of hydrogen-bond donors (Lipinski definition) is 0. The summed E-state index contributed by atoms with van der Waals surface area (Å²) < 4.78 is 0.864. The summed E-state index contributed by atoms with van der Waals surface area (Å²) >= 11 is 3.26. The number of halogens is 1. The van der Waals surface area contributed by atoms with E-state index in [1.54, 1.807) is 18.2 Å². The first kappa shape index (κ1) is 12.1. The van der Waals surface area contributed by atoms with Crippen molar-refractivity contribution in [3.05, 3.63) is 40.2 Å². The van der Waals surface area contributed by atoms with Crippen LogP contribution in [0, 0.1) is 28.6 Å². The fraction of sp³-hybridized carbons (Fsp3) is 0. The summed E-state index contributed by atoms with van der Waals surface area (Å²) in [7, 11) is 0. The second kappa shape index (κ2) is 5.73. The van der Waals surface area contributed by atoms with Crippen LogP contribution < -0.4 is 18.9 Å². The van der Waals surface area contributed by atoms with E-state index in [1.165, 1.54) is 0 Å². The Hall–Kier alpha value is -0.853. The zero-order valence-electron chi connectivity index (χ0n) is 7.08. The Morgan fingerprint density at radius 3 is 2.31 bits per heavy atom. The largest absolute Gasteiger partial charge is 1.00 e. The van der Waals surface area contributed by atoms with E-state index in [2.05, 4.69) is 15.9 Å². The summed E-state index contributed by atoms with van der Waals surface area (Å²) in [4.78, 5) is 0. The van der Waals surface area contributed by atoms with E-state index in [0.717, 1.165) is 4.47 Å². The van der Waals surface area contributed by atoms with Crippen molar-refractivity contribution in [2.75, 3.05) is 0 Å². The number of nitriles is 2. The Morgan fingerprint density at radius 1 is 1.23 bits per heavy atom. The maximum absolute atomic E-state index is 8.55. The van der Waals surface area contributed by atoms with Gasteiger partial charge in [0.15, 0.2) is 0 Å². The molecule has 2 nitrogen and oxygen atoms in total. The first-order valence-electron chi connectivity index (χ1n) is 3.21. The summed E-state index contributed by atoms with van der Waals surface area (Å²) in [5, 5.41) is 17.1. The Morgan fingerprint density at radius 2 is 1.85 bits per heavy atom. The molecule has 0 aliphatic rings. The zero-order chi connectivity index (χ0) is 8.97. The number of hydrogen-bond acceptors (Lipinski definition) is 2. The van der Waals surface area contributed by atoms with Crippen molar-refractivity contribution in [3.63, 3.8) is 0 Å². The van der Waals surface area contributed by atoms with Crippen LogP contribution in [0.2, 0.25) is 0 Å². The van der Waals surface area contributed by atoms with Crippen LogP contribution in [0.3, 0.4) is 0 Å². The molecule has 0 N–H and O–H groups in total. The molecule has 1 aromatic rings. The molecule has 0 heterocycles. The molecular formula is C9H4BrLiN2. The minimum Gasteiger partial charge on any atom is -0.207 e. The first-order chi connectivity index (χ1) is 5.77. The maximum Gasteiger partial charge on any atom is 1.00 e. The molecule has 0 saturated heterocycles. The molecule has 0 aliphatic heterocycles. The second-order valence-corrected chi connectivity index (χ2v) is 3.02. The molecule has 0 unspecified atom stereocenters. The molecule has 58 valence electrons. The van der Waals surface area contributed by atoms with Crippen molar-refractivity contribution in [2.24, 2.45) is 0 Å². The average Bonchev–Trinajstić information content (AvgIpc) is 2.07. The normalized spacial score (nSPS) is 7.62. The molecular weight excluding hydrogens is 223 g/mol. The molecule has 0 aliphatic carbocycles. The van der Waals surface area contributed by atoms with E-state index in [-0.39, 0.29) is 24.8 Å². The molecule has 0 saturated carbocycles. The minimum absolute atomic E-state index is 0. The third-order valence-electron chi connectivity index (χ3n) is 1.34. The molecule has 0 fully saturated rings. The summed E-state index contributed by atoms with van der Waals surface area (Å²) in [6.07, 6.45) is 0. The standard InChI is InChI=1S/C9H4BrN2.Li/c10-9-3-1-2-7(4-9)8(5-11)6-12;/h1-4H;/q-1;+1. The van der Waals surface area contributed by atoms with Crippen molar-refractivity contribution in [3.8, 4) is 12.1 Å². The van der Waals surface area contributed by atoms with Gasteiger partial charge >= 0.3 is 18.9 Å². The van der Waals surface area contributed by atoms with Crippen LogP contribution in [-0.2, 0) is 0 Å². The fourth-order valence-electron chi connectivity index (χ4n) is 0.798. The zero-order valence-corrected chi connectivity index (χ0v) is 8.67. The third-order valence-corrected chi connectivity index (χ3v) is 1.83. The van der Waals surface area contributed by atoms with E-state index >= 15 is 0 Å². The Kier molecular flexibility index (Phi) is 5.36. The molecule has 0 aromatic heterocycles. The van der Waals surface area contributed by atoms with Crippen LogP contribution in [0.5, 0.6) is 0 Å². The van der Waals surface area contributed by atoms with E-state index in [4.69, 9.17) is 10.5 Å². The summed E-state index contributed by atoms with van der Waals surface area (Å²) in [5.41, 5.74) is 0.648. The van der Waals surface area contributed by atoms with Gasteiger partial charge in [0.25, 0.3) is 0 Å². The van der Waals surface area contributed by atoms with Gasteiger partial charge in [0, 0.05) is 18.1 Å². The summed E-state index contributed by atoms with van der Waals surface area (Å²) in [6, 6.07) is 10.8. The van der Waals surface area contributed by atoms with Gasteiger partial charge in [-0.25, -0.2) is 10.5 Å². The van der Waals surface area contributed by atoms with Gasteiger partial charge in [-0.2, -0.15) is 11.6 Å². The van der Waals surface area contributed by atoms with E-state index in [0.29, 0.717) is 5.56 Å². The second-order valence-electron chi connectivity index (χ2n) is 2.11. The smallest absolute Gasteiger partial charge is 0.207 e. The predicted molar refractivity (Wildman–Crippen MR) is 47.7 cm³/mol. The molecule has 4 heteroatoms. The molecule has 0 radical (unpaired) electrons. The molecule has 1 aromatic carbocycles. The van der Waals surface area contributed by atoms with Gasteiger partial charge in [-0.3, -0.25) is 0 Å². The maximum atomic E-state index is 8.55. The van der Waals surface area contributed by atoms with Gasteiger partial charge in [0.05, 0.1) is 0 Å². The Balaban J connectivity index is 0.00000144. The van der Waals surface area contributed by atoms with Gasteiger partial charge in [-0.1, -0.05) is 22.0 Å². The van der Waals surface area contributed by atoms with E-state index < -0.39 is 0 Å². The molecule has 0 atom stereocenters. The molecule has 0 bridgehead atoms. The molecule has 1 rings (SSSR count). The van der Waals surface area contributed by atoms with Crippen LogP contribution in [0.25, 0.3) is 0 Å². The van der Waals surface area contributed by atoms with Crippen molar-refractivity contribution in [1.82, 2.24) is 0 Å².